The number of nitrogens with one attached hydrogen (secondary N) is 1. The lowest BCUT2D eigenvalue weighted by Crippen LogP contribution is -2.32. The normalized spacial score (nSPS) is 12.2. The Morgan fingerprint density at radius 1 is 1.29 bits per heavy atom. The zero-order chi connectivity index (χ0) is 12.5. The number of rotatable bonds is 8. The average Bonchev–Trinajstić information content (AvgIpc) is 2.35. The van der Waals surface area contributed by atoms with Crippen molar-refractivity contribution in [1.82, 2.24) is 5.32 Å². The molecular weight excluding hydrogens is 218 g/mol. The molecule has 0 bridgehead atoms. The Labute approximate surface area is 103 Å². The number of aliphatic hydroxyl groups excluding tert-OH is 1. The third-order valence-corrected chi connectivity index (χ3v) is 2.45. The van der Waals surface area contributed by atoms with Crippen LogP contribution in [-0.4, -0.2) is 38.0 Å². The highest BCUT2D eigenvalue weighted by atomic mass is 16.5. The molecule has 0 saturated carbocycles. The minimum Gasteiger partial charge on any atom is -0.494 e. The van der Waals surface area contributed by atoms with Gasteiger partial charge in [-0.3, -0.25) is 0 Å². The molecule has 1 unspecified atom stereocenters. The molecule has 1 aromatic rings. The Bertz CT molecular complexity index is 317. The van der Waals surface area contributed by atoms with Crippen molar-refractivity contribution < 1.29 is 14.6 Å². The zero-order valence-electron chi connectivity index (χ0n) is 10.5. The molecule has 1 rings (SSSR count). The van der Waals surface area contributed by atoms with Crippen LogP contribution in [0, 0.1) is 0 Å². The van der Waals surface area contributed by atoms with Gasteiger partial charge in [-0.1, -0.05) is 6.07 Å². The van der Waals surface area contributed by atoms with E-state index >= 15 is 0 Å². The summed E-state index contributed by atoms with van der Waals surface area (Å²) < 4.78 is 11.0. The Kier molecular flexibility index (Phi) is 6.43. The summed E-state index contributed by atoms with van der Waals surface area (Å²) in [5.74, 6) is 1.60. The summed E-state index contributed by atoms with van der Waals surface area (Å²) in [5.41, 5.74) is 0. The van der Waals surface area contributed by atoms with E-state index in [1.807, 2.05) is 38.2 Å². The first kappa shape index (κ1) is 13.8. The standard InChI is InChI=1S/C13H21NO3/c1-3-16-12-5-4-6-13(9-12)17-10-11(14-2)7-8-15/h4-6,9,11,14-15H,3,7-8,10H2,1-2H3. The molecule has 1 aromatic carbocycles. The van der Waals surface area contributed by atoms with E-state index in [9.17, 15) is 0 Å². The van der Waals surface area contributed by atoms with Crippen molar-refractivity contribution in [3.05, 3.63) is 24.3 Å². The second kappa shape index (κ2) is 7.92. The lowest BCUT2D eigenvalue weighted by Gasteiger charge is -2.16. The molecule has 4 nitrogen and oxygen atoms in total. The van der Waals surface area contributed by atoms with Gasteiger partial charge in [-0.25, -0.2) is 0 Å². The highest BCUT2D eigenvalue weighted by Gasteiger charge is 2.06. The number of aliphatic hydroxyl groups is 1. The Morgan fingerprint density at radius 3 is 2.59 bits per heavy atom. The molecule has 0 heterocycles. The quantitative estimate of drug-likeness (QED) is 0.720. The topological polar surface area (TPSA) is 50.7 Å². The fourth-order valence-corrected chi connectivity index (χ4v) is 1.48. The molecule has 17 heavy (non-hydrogen) atoms. The first-order valence-corrected chi connectivity index (χ1v) is 5.94. The van der Waals surface area contributed by atoms with Gasteiger partial charge >= 0.3 is 0 Å². The molecule has 0 fully saturated rings. The van der Waals surface area contributed by atoms with E-state index in [1.165, 1.54) is 0 Å². The molecule has 0 amide bonds. The number of benzene rings is 1. The van der Waals surface area contributed by atoms with Crippen molar-refractivity contribution in [1.29, 1.82) is 0 Å². The molecule has 0 radical (unpaired) electrons. The van der Waals surface area contributed by atoms with E-state index < -0.39 is 0 Å². The van der Waals surface area contributed by atoms with E-state index in [0.717, 1.165) is 11.5 Å². The van der Waals surface area contributed by atoms with E-state index in [2.05, 4.69) is 5.32 Å². The second-order valence-corrected chi connectivity index (χ2v) is 3.72. The molecular formula is C13H21NO3. The predicted octanol–water partition coefficient (Wildman–Crippen LogP) is 1.43. The second-order valence-electron chi connectivity index (χ2n) is 3.72. The maximum Gasteiger partial charge on any atom is 0.123 e. The van der Waals surface area contributed by atoms with Gasteiger partial charge in [0.2, 0.25) is 0 Å². The van der Waals surface area contributed by atoms with Crippen LogP contribution in [0.2, 0.25) is 0 Å². The van der Waals surface area contributed by atoms with Crippen molar-refractivity contribution in [2.75, 3.05) is 26.9 Å². The largest absolute Gasteiger partial charge is 0.494 e. The highest BCUT2D eigenvalue weighted by Crippen LogP contribution is 2.19. The molecule has 0 aliphatic carbocycles. The summed E-state index contributed by atoms with van der Waals surface area (Å²) in [5, 5.41) is 12.0. The van der Waals surface area contributed by atoms with Crippen LogP contribution in [-0.2, 0) is 0 Å². The molecule has 0 spiro atoms. The van der Waals surface area contributed by atoms with Gasteiger partial charge in [0.1, 0.15) is 18.1 Å². The summed E-state index contributed by atoms with van der Waals surface area (Å²) in [6.07, 6.45) is 0.682. The van der Waals surface area contributed by atoms with E-state index in [1.54, 1.807) is 0 Å². The SMILES string of the molecule is CCOc1cccc(OCC(CCO)NC)c1. The van der Waals surface area contributed by atoms with Crippen LogP contribution >= 0.6 is 0 Å². The van der Waals surface area contributed by atoms with Gasteiger partial charge in [0.05, 0.1) is 6.61 Å². The first-order valence-electron chi connectivity index (χ1n) is 5.94. The van der Waals surface area contributed by atoms with Gasteiger partial charge in [0, 0.05) is 18.7 Å². The van der Waals surface area contributed by atoms with Crippen LogP contribution in [0.3, 0.4) is 0 Å². The lowest BCUT2D eigenvalue weighted by atomic mass is 10.2. The van der Waals surface area contributed by atoms with Crippen LogP contribution < -0.4 is 14.8 Å². The smallest absolute Gasteiger partial charge is 0.123 e. The van der Waals surface area contributed by atoms with E-state index in [0.29, 0.717) is 19.6 Å². The van der Waals surface area contributed by atoms with Crippen LogP contribution in [0.15, 0.2) is 24.3 Å². The van der Waals surface area contributed by atoms with Gasteiger partial charge < -0.3 is 19.9 Å². The lowest BCUT2D eigenvalue weighted by molar-refractivity contribution is 0.218. The van der Waals surface area contributed by atoms with Crippen molar-refractivity contribution in [3.63, 3.8) is 0 Å². The maximum absolute atomic E-state index is 8.86. The third-order valence-electron chi connectivity index (χ3n) is 2.45. The molecule has 96 valence electrons. The van der Waals surface area contributed by atoms with Gasteiger partial charge in [0.25, 0.3) is 0 Å². The van der Waals surface area contributed by atoms with E-state index in [-0.39, 0.29) is 12.6 Å². The fourth-order valence-electron chi connectivity index (χ4n) is 1.48. The molecule has 2 N–H and O–H groups in total. The number of likely N-dealkylation sites (N-methyl/N-ethyl adjacent to an activating group) is 1. The Hall–Kier alpha value is -1.26. The van der Waals surface area contributed by atoms with Crippen molar-refractivity contribution in [3.8, 4) is 11.5 Å². The summed E-state index contributed by atoms with van der Waals surface area (Å²) in [6.45, 7) is 3.29. The fraction of sp³-hybridized carbons (Fsp3) is 0.538. The Balaban J connectivity index is 2.47. The summed E-state index contributed by atoms with van der Waals surface area (Å²) >= 11 is 0. The first-order chi connectivity index (χ1) is 8.30. The molecule has 0 aliphatic heterocycles. The summed E-state index contributed by atoms with van der Waals surface area (Å²) in [7, 11) is 1.86. The maximum atomic E-state index is 8.86. The van der Waals surface area contributed by atoms with Crippen LogP contribution in [0.4, 0.5) is 0 Å². The molecule has 0 saturated heterocycles. The van der Waals surface area contributed by atoms with Crippen molar-refractivity contribution in [2.24, 2.45) is 0 Å². The van der Waals surface area contributed by atoms with Crippen LogP contribution in [0.25, 0.3) is 0 Å². The minimum absolute atomic E-state index is 0.161. The zero-order valence-corrected chi connectivity index (χ0v) is 10.5. The summed E-state index contributed by atoms with van der Waals surface area (Å²) in [4.78, 5) is 0. The number of hydrogen-bond acceptors (Lipinski definition) is 4. The molecule has 0 aliphatic rings. The van der Waals surface area contributed by atoms with Crippen LogP contribution in [0.5, 0.6) is 11.5 Å². The van der Waals surface area contributed by atoms with Crippen LogP contribution in [0.1, 0.15) is 13.3 Å². The monoisotopic (exact) mass is 239 g/mol. The van der Waals surface area contributed by atoms with Gasteiger partial charge in [0.15, 0.2) is 0 Å². The van der Waals surface area contributed by atoms with Crippen molar-refractivity contribution in [2.45, 2.75) is 19.4 Å². The minimum atomic E-state index is 0.161. The van der Waals surface area contributed by atoms with E-state index in [4.69, 9.17) is 14.6 Å². The van der Waals surface area contributed by atoms with Gasteiger partial charge in [-0.2, -0.15) is 0 Å². The molecule has 1 atom stereocenters. The Morgan fingerprint density at radius 2 is 2.00 bits per heavy atom. The third kappa shape index (κ3) is 5.06. The summed E-state index contributed by atoms with van der Waals surface area (Å²) in [6, 6.07) is 7.74. The van der Waals surface area contributed by atoms with Gasteiger partial charge in [-0.15, -0.1) is 0 Å². The molecule has 4 heteroatoms. The number of ether oxygens (including phenoxy) is 2. The van der Waals surface area contributed by atoms with Crippen molar-refractivity contribution >= 4 is 0 Å². The average molecular weight is 239 g/mol. The predicted molar refractivity (Wildman–Crippen MR) is 67.7 cm³/mol. The highest BCUT2D eigenvalue weighted by molar-refractivity contribution is 5.32. The number of hydrogen-bond donors (Lipinski definition) is 2. The molecule has 0 aromatic heterocycles. The van der Waals surface area contributed by atoms with Gasteiger partial charge in [-0.05, 0) is 32.5 Å².